The third-order valence-corrected chi connectivity index (χ3v) is 4.11. The minimum Gasteiger partial charge on any atom is -0.273 e. The number of carbonyl (C=O) groups is 2. The maximum absolute atomic E-state index is 12.2. The van der Waals surface area contributed by atoms with Gasteiger partial charge in [-0.2, -0.15) is 0 Å². The molecule has 2 unspecified atom stereocenters. The Morgan fingerprint density at radius 1 is 1.08 bits per heavy atom. The van der Waals surface area contributed by atoms with Crippen molar-refractivity contribution in [2.75, 3.05) is 0 Å². The van der Waals surface area contributed by atoms with Gasteiger partial charge in [-0.15, -0.1) is 0 Å². The van der Waals surface area contributed by atoms with Crippen molar-refractivity contribution in [3.63, 3.8) is 0 Å². The van der Waals surface area contributed by atoms with Crippen molar-refractivity contribution >= 4 is 11.8 Å². The molecule has 2 aromatic rings. The number of nitrogens with zero attached hydrogens (tertiary/aromatic N) is 1. The third kappa shape index (κ3) is 4.85. The van der Waals surface area contributed by atoms with Gasteiger partial charge in [-0.05, 0) is 30.0 Å². The molecule has 0 saturated carbocycles. The number of amides is 2. The molecule has 3 rings (SSSR count). The Morgan fingerprint density at radius 3 is 2.68 bits per heavy atom. The molecular formula is C18H21N5O2. The zero-order valence-corrected chi connectivity index (χ0v) is 13.7. The minimum atomic E-state index is -0.399. The van der Waals surface area contributed by atoms with Gasteiger partial charge in [0.2, 0.25) is 5.91 Å². The Morgan fingerprint density at radius 2 is 1.92 bits per heavy atom. The first kappa shape index (κ1) is 17.1. The number of benzene rings is 1. The first-order valence-corrected chi connectivity index (χ1v) is 8.26. The van der Waals surface area contributed by atoms with Crippen molar-refractivity contribution in [1.82, 2.24) is 26.7 Å². The number of pyridine rings is 1. The van der Waals surface area contributed by atoms with E-state index in [0.717, 1.165) is 11.1 Å². The van der Waals surface area contributed by atoms with Crippen LogP contribution >= 0.6 is 0 Å². The summed E-state index contributed by atoms with van der Waals surface area (Å²) in [5, 5.41) is 0. The standard InChI is InChI=1S/C18H21N5O2/c24-17(9-8-13-5-4-10-19-12-13)22-23-18(25)16-11-15(20-21-16)14-6-2-1-3-7-14/h1-7,10,12,15-16,20-21H,8-9,11H2,(H,22,24)(H,23,25). The van der Waals surface area contributed by atoms with Gasteiger partial charge in [-0.25, -0.2) is 10.9 Å². The van der Waals surface area contributed by atoms with E-state index in [0.29, 0.717) is 12.8 Å². The van der Waals surface area contributed by atoms with Crippen LogP contribution in [-0.4, -0.2) is 22.8 Å². The summed E-state index contributed by atoms with van der Waals surface area (Å²) in [5.41, 5.74) is 13.1. The molecule has 7 nitrogen and oxygen atoms in total. The van der Waals surface area contributed by atoms with Crippen LogP contribution in [0.15, 0.2) is 54.9 Å². The molecule has 0 aliphatic carbocycles. The van der Waals surface area contributed by atoms with Crippen LogP contribution in [0.5, 0.6) is 0 Å². The molecule has 25 heavy (non-hydrogen) atoms. The van der Waals surface area contributed by atoms with Gasteiger partial charge in [0.25, 0.3) is 5.91 Å². The van der Waals surface area contributed by atoms with Crippen LogP contribution in [-0.2, 0) is 16.0 Å². The van der Waals surface area contributed by atoms with Crippen molar-refractivity contribution in [3.8, 4) is 0 Å². The highest BCUT2D eigenvalue weighted by atomic mass is 16.2. The molecular weight excluding hydrogens is 318 g/mol. The molecule has 2 heterocycles. The van der Waals surface area contributed by atoms with E-state index in [1.54, 1.807) is 12.4 Å². The first-order valence-electron chi connectivity index (χ1n) is 8.26. The maximum Gasteiger partial charge on any atom is 0.256 e. The van der Waals surface area contributed by atoms with Crippen LogP contribution < -0.4 is 21.7 Å². The second-order valence-corrected chi connectivity index (χ2v) is 5.94. The van der Waals surface area contributed by atoms with Crippen LogP contribution in [0.25, 0.3) is 0 Å². The molecule has 1 saturated heterocycles. The number of hydrogen-bond donors (Lipinski definition) is 4. The van der Waals surface area contributed by atoms with Gasteiger partial charge in [-0.1, -0.05) is 36.4 Å². The van der Waals surface area contributed by atoms with Crippen molar-refractivity contribution in [2.24, 2.45) is 0 Å². The summed E-state index contributed by atoms with van der Waals surface area (Å²) < 4.78 is 0. The van der Waals surface area contributed by atoms with Crippen molar-refractivity contribution in [1.29, 1.82) is 0 Å². The van der Waals surface area contributed by atoms with Crippen molar-refractivity contribution in [2.45, 2.75) is 31.3 Å². The molecule has 0 bridgehead atoms. The molecule has 0 radical (unpaired) electrons. The Labute approximate surface area is 146 Å². The number of carbonyl (C=O) groups excluding carboxylic acids is 2. The lowest BCUT2D eigenvalue weighted by Gasteiger charge is -2.11. The van der Waals surface area contributed by atoms with E-state index >= 15 is 0 Å². The van der Waals surface area contributed by atoms with E-state index in [1.165, 1.54) is 0 Å². The lowest BCUT2D eigenvalue weighted by molar-refractivity contribution is -0.129. The fraction of sp³-hybridized carbons (Fsp3) is 0.278. The average molecular weight is 339 g/mol. The summed E-state index contributed by atoms with van der Waals surface area (Å²) in [6.45, 7) is 0. The predicted molar refractivity (Wildman–Crippen MR) is 92.7 cm³/mol. The topological polar surface area (TPSA) is 95.2 Å². The van der Waals surface area contributed by atoms with Gasteiger partial charge in [0.1, 0.15) is 6.04 Å². The summed E-state index contributed by atoms with van der Waals surface area (Å²) >= 11 is 0. The monoisotopic (exact) mass is 339 g/mol. The van der Waals surface area contributed by atoms with Gasteiger partial charge >= 0.3 is 0 Å². The van der Waals surface area contributed by atoms with E-state index in [9.17, 15) is 9.59 Å². The second kappa shape index (κ2) is 8.36. The molecule has 7 heteroatoms. The highest BCUT2D eigenvalue weighted by Crippen LogP contribution is 2.21. The Balaban J connectivity index is 1.40. The number of aryl methyl sites for hydroxylation is 1. The zero-order valence-electron chi connectivity index (χ0n) is 13.7. The molecule has 1 aromatic carbocycles. The van der Waals surface area contributed by atoms with E-state index in [1.807, 2.05) is 42.5 Å². The predicted octanol–water partition coefficient (Wildman–Crippen LogP) is 0.769. The smallest absolute Gasteiger partial charge is 0.256 e. The molecule has 4 N–H and O–H groups in total. The number of aromatic nitrogens is 1. The fourth-order valence-corrected chi connectivity index (χ4v) is 2.72. The van der Waals surface area contributed by atoms with E-state index < -0.39 is 6.04 Å². The van der Waals surface area contributed by atoms with Gasteiger partial charge < -0.3 is 0 Å². The normalized spacial score (nSPS) is 19.4. The van der Waals surface area contributed by atoms with Gasteiger partial charge in [0, 0.05) is 24.9 Å². The summed E-state index contributed by atoms with van der Waals surface area (Å²) in [6.07, 6.45) is 4.89. The maximum atomic E-state index is 12.2. The molecule has 1 aromatic heterocycles. The van der Waals surface area contributed by atoms with Crippen LogP contribution in [0.1, 0.15) is 30.0 Å². The summed E-state index contributed by atoms with van der Waals surface area (Å²) in [7, 11) is 0. The number of hydrogen-bond acceptors (Lipinski definition) is 5. The molecule has 2 atom stereocenters. The van der Waals surface area contributed by atoms with Gasteiger partial charge in [-0.3, -0.25) is 25.4 Å². The lowest BCUT2D eigenvalue weighted by Crippen LogP contribution is -2.50. The van der Waals surface area contributed by atoms with E-state index in [4.69, 9.17) is 0 Å². The number of nitrogens with one attached hydrogen (secondary N) is 4. The van der Waals surface area contributed by atoms with Gasteiger partial charge in [0.15, 0.2) is 0 Å². The quantitative estimate of drug-likeness (QED) is 0.604. The van der Waals surface area contributed by atoms with E-state index in [2.05, 4.69) is 26.7 Å². The fourth-order valence-electron chi connectivity index (χ4n) is 2.72. The van der Waals surface area contributed by atoms with Crippen LogP contribution in [0, 0.1) is 0 Å². The van der Waals surface area contributed by atoms with E-state index in [-0.39, 0.29) is 24.3 Å². The molecule has 2 amide bonds. The summed E-state index contributed by atoms with van der Waals surface area (Å²) in [6, 6.07) is 13.3. The molecule has 0 spiro atoms. The van der Waals surface area contributed by atoms with Crippen LogP contribution in [0.4, 0.5) is 0 Å². The summed E-state index contributed by atoms with van der Waals surface area (Å²) in [5.74, 6) is -0.497. The second-order valence-electron chi connectivity index (χ2n) is 5.94. The lowest BCUT2D eigenvalue weighted by atomic mass is 10.0. The largest absolute Gasteiger partial charge is 0.273 e. The number of rotatable bonds is 5. The minimum absolute atomic E-state index is 0.0678. The Hall–Kier alpha value is -2.77. The third-order valence-electron chi connectivity index (χ3n) is 4.11. The van der Waals surface area contributed by atoms with Gasteiger partial charge in [0.05, 0.1) is 0 Å². The SMILES string of the molecule is O=C(CCc1cccnc1)NNC(=O)C1CC(c2ccccc2)NN1. The number of hydrazine groups is 2. The molecule has 1 fully saturated rings. The summed E-state index contributed by atoms with van der Waals surface area (Å²) in [4.78, 5) is 28.0. The Bertz CT molecular complexity index is 708. The zero-order chi connectivity index (χ0) is 17.5. The molecule has 1 aliphatic rings. The Kier molecular flexibility index (Phi) is 5.71. The highest BCUT2D eigenvalue weighted by Gasteiger charge is 2.30. The molecule has 1 aliphatic heterocycles. The highest BCUT2D eigenvalue weighted by molar-refractivity contribution is 5.85. The van der Waals surface area contributed by atoms with Crippen LogP contribution in [0.2, 0.25) is 0 Å². The average Bonchev–Trinajstić information content (AvgIpc) is 3.16. The van der Waals surface area contributed by atoms with Crippen molar-refractivity contribution in [3.05, 3.63) is 66.0 Å². The molecule has 130 valence electrons. The first-order chi connectivity index (χ1) is 12.2. The van der Waals surface area contributed by atoms with Crippen molar-refractivity contribution < 1.29 is 9.59 Å². The van der Waals surface area contributed by atoms with Crippen LogP contribution in [0.3, 0.4) is 0 Å².